The zero-order valence-electron chi connectivity index (χ0n) is 11.2. The zero-order chi connectivity index (χ0) is 12.3. The zero-order valence-corrected chi connectivity index (χ0v) is 12.2. The summed E-state index contributed by atoms with van der Waals surface area (Å²) in [5, 5.41) is 3.14. The third-order valence-corrected chi connectivity index (χ3v) is 5.40. The fourth-order valence-corrected chi connectivity index (χ4v) is 4.33. The maximum absolute atomic E-state index is 5.76. The molecule has 0 atom stereocenters. The van der Waals surface area contributed by atoms with Crippen LogP contribution in [0.15, 0.2) is 0 Å². The van der Waals surface area contributed by atoms with E-state index in [1.165, 1.54) is 0 Å². The Morgan fingerprint density at radius 1 is 0.875 bits per heavy atom. The fourth-order valence-electron chi connectivity index (χ4n) is 1.64. The van der Waals surface area contributed by atoms with E-state index >= 15 is 0 Å². The van der Waals surface area contributed by atoms with Gasteiger partial charge < -0.3 is 18.6 Å². The summed E-state index contributed by atoms with van der Waals surface area (Å²) < 4.78 is 17.3. The van der Waals surface area contributed by atoms with Crippen molar-refractivity contribution in [2.24, 2.45) is 0 Å². The number of hydrogen-bond acceptors (Lipinski definition) is 4. The van der Waals surface area contributed by atoms with Gasteiger partial charge in [0.25, 0.3) is 0 Å². The Balaban J connectivity index is 4.12. The summed E-state index contributed by atoms with van der Waals surface area (Å²) in [6.07, 6.45) is 2.23. The van der Waals surface area contributed by atoms with Gasteiger partial charge in [-0.1, -0.05) is 0 Å². The van der Waals surface area contributed by atoms with Crippen LogP contribution >= 0.6 is 0 Å². The van der Waals surface area contributed by atoms with Crippen LogP contribution in [0.2, 0.25) is 6.04 Å². The molecule has 0 unspecified atom stereocenters. The van der Waals surface area contributed by atoms with Gasteiger partial charge in [-0.25, -0.2) is 0 Å². The number of rotatable bonds is 11. The molecule has 0 heterocycles. The van der Waals surface area contributed by atoms with E-state index in [1.807, 2.05) is 27.8 Å². The molecular weight excluding hydrogens is 222 g/mol. The molecule has 0 fully saturated rings. The van der Waals surface area contributed by atoms with Crippen molar-refractivity contribution in [1.29, 1.82) is 0 Å². The first kappa shape index (κ1) is 16.1. The van der Waals surface area contributed by atoms with E-state index in [0.717, 1.165) is 25.4 Å². The van der Waals surface area contributed by atoms with Crippen molar-refractivity contribution in [3.05, 3.63) is 0 Å². The molecule has 0 aromatic carbocycles. The molecule has 1 N–H and O–H groups in total. The normalized spacial score (nSPS) is 12.0. The predicted octanol–water partition coefficient (Wildman–Crippen LogP) is 2.03. The van der Waals surface area contributed by atoms with Crippen molar-refractivity contribution in [3.63, 3.8) is 0 Å². The van der Waals surface area contributed by atoms with Crippen LogP contribution in [0.25, 0.3) is 0 Å². The molecule has 0 amide bonds. The van der Waals surface area contributed by atoms with Gasteiger partial charge in [0.1, 0.15) is 0 Å². The van der Waals surface area contributed by atoms with E-state index in [2.05, 4.69) is 5.32 Å². The molecule has 0 aliphatic heterocycles. The van der Waals surface area contributed by atoms with Gasteiger partial charge in [0.05, 0.1) is 0 Å². The maximum Gasteiger partial charge on any atom is 0.500 e. The van der Waals surface area contributed by atoms with Gasteiger partial charge in [-0.05, 0) is 47.2 Å². The van der Waals surface area contributed by atoms with Gasteiger partial charge >= 0.3 is 8.80 Å². The first-order valence-electron chi connectivity index (χ1n) is 6.31. The molecule has 98 valence electrons. The highest BCUT2D eigenvalue weighted by Crippen LogP contribution is 2.18. The van der Waals surface area contributed by atoms with E-state index in [9.17, 15) is 0 Å². The van der Waals surface area contributed by atoms with Crippen LogP contribution in [-0.2, 0) is 13.3 Å². The first-order valence-corrected chi connectivity index (χ1v) is 8.24. The average molecular weight is 249 g/mol. The molecule has 0 bridgehead atoms. The van der Waals surface area contributed by atoms with Crippen molar-refractivity contribution < 1.29 is 13.3 Å². The summed E-state index contributed by atoms with van der Waals surface area (Å²) in [5.41, 5.74) is 0. The molecule has 0 aromatic heterocycles. The predicted molar refractivity (Wildman–Crippen MR) is 68.6 cm³/mol. The third-order valence-electron chi connectivity index (χ3n) is 2.25. The quantitative estimate of drug-likeness (QED) is 0.449. The van der Waals surface area contributed by atoms with Gasteiger partial charge in [-0.15, -0.1) is 0 Å². The highest BCUT2D eigenvalue weighted by atomic mass is 28.4. The lowest BCUT2D eigenvalue weighted by molar-refractivity contribution is 0.0707. The van der Waals surface area contributed by atoms with Crippen LogP contribution in [0.5, 0.6) is 0 Å². The summed E-state index contributed by atoms with van der Waals surface area (Å²) in [4.78, 5) is 0. The summed E-state index contributed by atoms with van der Waals surface area (Å²) in [6, 6.07) is 0.921. The summed E-state index contributed by atoms with van der Waals surface area (Å²) in [5.74, 6) is 0. The van der Waals surface area contributed by atoms with E-state index in [4.69, 9.17) is 13.3 Å². The van der Waals surface area contributed by atoms with Crippen LogP contribution in [0.1, 0.15) is 33.6 Å². The largest absolute Gasteiger partial charge is 0.500 e. The minimum atomic E-state index is -2.37. The minimum Gasteiger partial charge on any atom is -0.374 e. The lowest BCUT2D eigenvalue weighted by Crippen LogP contribution is -2.46. The second-order valence-electron chi connectivity index (χ2n) is 3.54. The Labute approximate surface area is 101 Å². The molecule has 0 radical (unpaired) electrons. The molecule has 0 saturated carbocycles. The van der Waals surface area contributed by atoms with E-state index < -0.39 is 8.80 Å². The van der Waals surface area contributed by atoms with Crippen molar-refractivity contribution in [3.8, 4) is 0 Å². The minimum absolute atomic E-state index is 0.665. The molecule has 0 aromatic rings. The molecule has 0 aliphatic carbocycles. The topological polar surface area (TPSA) is 39.7 Å². The Morgan fingerprint density at radius 2 is 1.38 bits per heavy atom. The SMILES string of the molecule is CCO[Si](CCCCNC)(OCC)OCC. The lowest BCUT2D eigenvalue weighted by Gasteiger charge is -2.28. The number of hydrogen-bond donors (Lipinski definition) is 1. The molecule has 0 spiro atoms. The Morgan fingerprint density at radius 3 is 1.75 bits per heavy atom. The van der Waals surface area contributed by atoms with Crippen molar-refractivity contribution in [2.45, 2.75) is 39.7 Å². The highest BCUT2D eigenvalue weighted by Gasteiger charge is 2.39. The van der Waals surface area contributed by atoms with E-state index in [0.29, 0.717) is 19.8 Å². The standard InChI is InChI=1S/C11H27NO3Si/c1-5-13-16(14-6-2,15-7-3)11-9-8-10-12-4/h12H,5-11H2,1-4H3. The smallest absolute Gasteiger partial charge is 0.374 e. The average Bonchev–Trinajstić information content (AvgIpc) is 2.26. The molecule has 4 nitrogen and oxygen atoms in total. The summed E-state index contributed by atoms with van der Waals surface area (Å²) in [7, 11) is -0.403. The van der Waals surface area contributed by atoms with Crippen LogP contribution in [0.3, 0.4) is 0 Å². The molecule has 5 heteroatoms. The maximum atomic E-state index is 5.76. The van der Waals surface area contributed by atoms with Crippen LogP contribution in [0, 0.1) is 0 Å². The van der Waals surface area contributed by atoms with Crippen molar-refractivity contribution >= 4 is 8.80 Å². The molecule has 0 saturated heterocycles. The molecular formula is C11H27NO3Si. The van der Waals surface area contributed by atoms with Gasteiger partial charge in [0.2, 0.25) is 0 Å². The Bertz CT molecular complexity index is 141. The van der Waals surface area contributed by atoms with Crippen molar-refractivity contribution in [1.82, 2.24) is 5.32 Å². The van der Waals surface area contributed by atoms with Crippen LogP contribution in [-0.4, -0.2) is 42.2 Å². The third kappa shape index (κ3) is 6.60. The van der Waals surface area contributed by atoms with Gasteiger partial charge in [0.15, 0.2) is 0 Å². The molecule has 16 heavy (non-hydrogen) atoms. The number of unbranched alkanes of at least 4 members (excludes halogenated alkanes) is 1. The second kappa shape index (κ2) is 10.2. The first-order chi connectivity index (χ1) is 7.74. The van der Waals surface area contributed by atoms with Gasteiger partial charge in [-0.3, -0.25) is 0 Å². The van der Waals surface area contributed by atoms with Crippen LogP contribution < -0.4 is 5.32 Å². The van der Waals surface area contributed by atoms with Gasteiger partial charge in [-0.2, -0.15) is 0 Å². The van der Waals surface area contributed by atoms with Crippen molar-refractivity contribution in [2.75, 3.05) is 33.4 Å². The number of nitrogens with one attached hydrogen (secondary N) is 1. The van der Waals surface area contributed by atoms with E-state index in [1.54, 1.807) is 0 Å². The molecule has 0 rings (SSSR count). The Kier molecular flexibility index (Phi) is 10.3. The fraction of sp³-hybridized carbons (Fsp3) is 1.00. The summed E-state index contributed by atoms with van der Waals surface area (Å²) >= 11 is 0. The van der Waals surface area contributed by atoms with Crippen LogP contribution in [0.4, 0.5) is 0 Å². The monoisotopic (exact) mass is 249 g/mol. The summed E-state index contributed by atoms with van der Waals surface area (Å²) in [6.45, 7) is 9.01. The second-order valence-corrected chi connectivity index (χ2v) is 6.27. The molecule has 0 aliphatic rings. The van der Waals surface area contributed by atoms with Gasteiger partial charge in [0, 0.05) is 25.9 Å². The lowest BCUT2D eigenvalue weighted by atomic mass is 10.3. The Hall–Kier alpha value is 0.0569. The van der Waals surface area contributed by atoms with E-state index in [-0.39, 0.29) is 0 Å². The highest BCUT2D eigenvalue weighted by molar-refractivity contribution is 6.60.